The van der Waals surface area contributed by atoms with Gasteiger partial charge in [0.05, 0.1) is 0 Å². The minimum Gasteiger partial charge on any atom is -0.269 e. The number of hydrogen-bond donors (Lipinski definition) is 0. The maximum atomic E-state index is 11.7. The fourth-order valence-electron chi connectivity index (χ4n) is 1.57. The predicted molar refractivity (Wildman–Crippen MR) is 63.2 cm³/mol. The highest BCUT2D eigenvalue weighted by molar-refractivity contribution is 7.17. The monoisotopic (exact) mass is 242 g/mol. The maximum Gasteiger partial charge on any atom is 0.258 e. The van der Waals surface area contributed by atoms with E-state index in [2.05, 4.69) is 4.98 Å². The lowest BCUT2D eigenvalue weighted by molar-refractivity contribution is 0.979. The van der Waals surface area contributed by atoms with Crippen molar-refractivity contribution in [3.8, 4) is 0 Å². The highest BCUT2D eigenvalue weighted by Gasteiger charge is 2.10. The minimum absolute atomic E-state index is 0.00734. The Morgan fingerprint density at radius 1 is 1.53 bits per heavy atom. The topological polar surface area (TPSA) is 34.4 Å². The Labute approximate surface area is 96.3 Å². The zero-order valence-corrected chi connectivity index (χ0v) is 10.2. The molecule has 0 aromatic carbocycles. The summed E-state index contributed by atoms with van der Waals surface area (Å²) in [6, 6.07) is 1.55. The number of fused-ring (bicyclic) bond motifs is 1. The Bertz CT molecular complexity index is 558. The summed E-state index contributed by atoms with van der Waals surface area (Å²) in [7, 11) is 0. The molecule has 0 spiro atoms. The minimum atomic E-state index is -0.00734. The molecule has 80 valence electrons. The fraction of sp³-hybridized carbons (Fsp3) is 0.400. The molecule has 2 aromatic rings. The van der Waals surface area contributed by atoms with E-state index in [0.717, 1.165) is 27.6 Å². The Balaban J connectivity index is 2.76. The van der Waals surface area contributed by atoms with Gasteiger partial charge < -0.3 is 0 Å². The highest BCUT2D eigenvalue weighted by atomic mass is 35.5. The van der Waals surface area contributed by atoms with Gasteiger partial charge in [-0.25, -0.2) is 4.98 Å². The van der Waals surface area contributed by atoms with Gasteiger partial charge in [-0.15, -0.1) is 22.9 Å². The van der Waals surface area contributed by atoms with Crippen molar-refractivity contribution in [2.24, 2.45) is 0 Å². The van der Waals surface area contributed by atoms with Crippen molar-refractivity contribution in [2.45, 2.75) is 20.3 Å². The molecule has 0 N–H and O–H groups in total. The Kier molecular flexibility index (Phi) is 2.80. The molecule has 0 saturated carbocycles. The van der Waals surface area contributed by atoms with E-state index < -0.39 is 0 Å². The molecular weight excluding hydrogens is 232 g/mol. The van der Waals surface area contributed by atoms with E-state index in [1.165, 1.54) is 0 Å². The number of aryl methyl sites for hydroxylation is 3. The summed E-state index contributed by atoms with van der Waals surface area (Å²) >= 11 is 7.25. The van der Waals surface area contributed by atoms with Crippen LogP contribution in [-0.2, 0) is 6.42 Å². The van der Waals surface area contributed by atoms with Gasteiger partial charge in [0.2, 0.25) is 0 Å². The summed E-state index contributed by atoms with van der Waals surface area (Å²) in [6.07, 6.45) is 0.792. The standard InChI is InChI=1S/C10H11ClN2OS/c1-6-5-9(14)13-7(2)8(3-4-11)15-10(13)12-6/h5H,3-4H2,1-2H3. The maximum absolute atomic E-state index is 11.7. The molecule has 0 saturated heterocycles. The van der Waals surface area contributed by atoms with Gasteiger partial charge in [0.15, 0.2) is 4.96 Å². The van der Waals surface area contributed by atoms with Gasteiger partial charge in [-0.3, -0.25) is 9.20 Å². The number of thiazole rings is 1. The lowest BCUT2D eigenvalue weighted by atomic mass is 10.3. The summed E-state index contributed by atoms with van der Waals surface area (Å²) in [5, 5.41) is 0. The van der Waals surface area contributed by atoms with Crippen LogP contribution < -0.4 is 5.56 Å². The van der Waals surface area contributed by atoms with Crippen molar-refractivity contribution in [1.82, 2.24) is 9.38 Å². The molecule has 5 heteroatoms. The number of nitrogens with zero attached hydrogens (tertiary/aromatic N) is 2. The Morgan fingerprint density at radius 3 is 2.93 bits per heavy atom. The molecule has 2 rings (SSSR count). The molecule has 0 radical (unpaired) electrons. The van der Waals surface area contributed by atoms with Gasteiger partial charge in [0.1, 0.15) is 0 Å². The number of alkyl halides is 1. The molecule has 0 aliphatic heterocycles. The first kappa shape index (κ1) is 10.6. The summed E-state index contributed by atoms with van der Waals surface area (Å²) in [5.41, 5.74) is 1.72. The lowest BCUT2D eigenvalue weighted by Crippen LogP contribution is -2.14. The van der Waals surface area contributed by atoms with Crippen LogP contribution in [0, 0.1) is 13.8 Å². The summed E-state index contributed by atoms with van der Waals surface area (Å²) in [6.45, 7) is 3.77. The first-order valence-corrected chi connectivity index (χ1v) is 6.03. The van der Waals surface area contributed by atoms with Crippen LogP contribution >= 0.6 is 22.9 Å². The SMILES string of the molecule is Cc1cc(=O)n2c(C)c(CCCl)sc2n1. The smallest absolute Gasteiger partial charge is 0.258 e. The molecule has 0 aliphatic carbocycles. The van der Waals surface area contributed by atoms with Gasteiger partial charge in [-0.05, 0) is 20.3 Å². The largest absolute Gasteiger partial charge is 0.269 e. The zero-order chi connectivity index (χ0) is 11.0. The number of halogens is 1. The van der Waals surface area contributed by atoms with Crippen LogP contribution in [0.5, 0.6) is 0 Å². The lowest BCUT2D eigenvalue weighted by Gasteiger charge is -1.96. The second-order valence-electron chi connectivity index (χ2n) is 3.40. The second-order valence-corrected chi connectivity index (χ2v) is 4.84. The Morgan fingerprint density at radius 2 is 2.27 bits per heavy atom. The second kappa shape index (κ2) is 3.94. The van der Waals surface area contributed by atoms with Crippen LogP contribution in [-0.4, -0.2) is 15.3 Å². The third-order valence-corrected chi connectivity index (χ3v) is 3.68. The summed E-state index contributed by atoms with van der Waals surface area (Å²) in [4.78, 5) is 18.0. The average Bonchev–Trinajstić information content (AvgIpc) is 2.43. The molecule has 0 bridgehead atoms. The van der Waals surface area contributed by atoms with E-state index in [-0.39, 0.29) is 5.56 Å². The van der Waals surface area contributed by atoms with E-state index >= 15 is 0 Å². The van der Waals surface area contributed by atoms with Crippen LogP contribution in [0.3, 0.4) is 0 Å². The summed E-state index contributed by atoms with van der Waals surface area (Å²) < 4.78 is 1.65. The molecule has 2 heterocycles. The van der Waals surface area contributed by atoms with Gasteiger partial charge >= 0.3 is 0 Å². The van der Waals surface area contributed by atoms with E-state index in [1.807, 2.05) is 13.8 Å². The van der Waals surface area contributed by atoms with Crippen molar-refractivity contribution < 1.29 is 0 Å². The number of rotatable bonds is 2. The number of aromatic nitrogens is 2. The normalized spacial score (nSPS) is 11.1. The summed E-state index contributed by atoms with van der Waals surface area (Å²) in [5.74, 6) is 0.571. The molecule has 0 fully saturated rings. The van der Waals surface area contributed by atoms with Crippen molar-refractivity contribution in [3.05, 3.63) is 32.7 Å². The molecule has 3 nitrogen and oxygen atoms in total. The fourth-order valence-corrected chi connectivity index (χ4v) is 3.05. The molecular formula is C10H11ClN2OS. The van der Waals surface area contributed by atoms with Crippen LogP contribution in [0.2, 0.25) is 0 Å². The van der Waals surface area contributed by atoms with Crippen molar-refractivity contribution in [1.29, 1.82) is 0 Å². The Hall–Kier alpha value is -0.870. The van der Waals surface area contributed by atoms with Gasteiger partial charge in [-0.1, -0.05) is 0 Å². The molecule has 15 heavy (non-hydrogen) atoms. The predicted octanol–water partition coefficient (Wildman–Crippen LogP) is 2.15. The average molecular weight is 243 g/mol. The van der Waals surface area contributed by atoms with Crippen LogP contribution in [0.1, 0.15) is 16.3 Å². The van der Waals surface area contributed by atoms with Crippen molar-refractivity contribution >= 4 is 27.9 Å². The molecule has 0 aliphatic rings. The van der Waals surface area contributed by atoms with Gasteiger partial charge in [0.25, 0.3) is 5.56 Å². The third-order valence-electron chi connectivity index (χ3n) is 2.29. The van der Waals surface area contributed by atoms with E-state index in [0.29, 0.717) is 5.88 Å². The molecule has 2 aromatic heterocycles. The molecule has 0 unspecified atom stereocenters. The van der Waals surface area contributed by atoms with E-state index in [9.17, 15) is 4.79 Å². The van der Waals surface area contributed by atoms with Crippen LogP contribution in [0.15, 0.2) is 10.9 Å². The van der Waals surface area contributed by atoms with E-state index in [4.69, 9.17) is 11.6 Å². The zero-order valence-electron chi connectivity index (χ0n) is 8.58. The van der Waals surface area contributed by atoms with Crippen LogP contribution in [0.4, 0.5) is 0 Å². The molecule has 0 atom stereocenters. The highest BCUT2D eigenvalue weighted by Crippen LogP contribution is 2.20. The van der Waals surface area contributed by atoms with Crippen molar-refractivity contribution in [3.63, 3.8) is 0 Å². The first-order chi connectivity index (χ1) is 7.13. The molecule has 0 amide bonds. The van der Waals surface area contributed by atoms with Crippen LogP contribution in [0.25, 0.3) is 4.96 Å². The van der Waals surface area contributed by atoms with E-state index in [1.54, 1.807) is 21.8 Å². The number of hydrogen-bond acceptors (Lipinski definition) is 3. The quantitative estimate of drug-likeness (QED) is 0.757. The van der Waals surface area contributed by atoms with Gasteiger partial charge in [-0.2, -0.15) is 0 Å². The third kappa shape index (κ3) is 1.79. The first-order valence-electron chi connectivity index (χ1n) is 4.68. The van der Waals surface area contributed by atoms with Crippen molar-refractivity contribution in [2.75, 3.05) is 5.88 Å². The van der Waals surface area contributed by atoms with Gasteiger partial charge in [0, 0.05) is 28.2 Å².